The maximum atomic E-state index is 6.16. The van der Waals surface area contributed by atoms with Crippen LogP contribution in [0.5, 0.6) is 0 Å². The van der Waals surface area contributed by atoms with Crippen molar-refractivity contribution in [2.75, 3.05) is 23.7 Å². The van der Waals surface area contributed by atoms with Gasteiger partial charge in [0.05, 0.1) is 10.0 Å². The molecule has 2 N–H and O–H groups in total. The first-order valence-corrected chi connectivity index (χ1v) is 6.74. The van der Waals surface area contributed by atoms with E-state index in [0.29, 0.717) is 15.9 Å². The highest BCUT2D eigenvalue weighted by molar-refractivity contribution is 6.37. The van der Waals surface area contributed by atoms with Crippen molar-refractivity contribution in [3.8, 4) is 0 Å². The summed E-state index contributed by atoms with van der Waals surface area (Å²) >= 11 is 12.0. The van der Waals surface area contributed by atoms with Gasteiger partial charge in [-0.05, 0) is 24.8 Å². The van der Waals surface area contributed by atoms with E-state index in [4.69, 9.17) is 28.9 Å². The van der Waals surface area contributed by atoms with Crippen LogP contribution in [0.15, 0.2) is 6.07 Å². The van der Waals surface area contributed by atoms with Crippen molar-refractivity contribution in [3.05, 3.63) is 16.1 Å². The van der Waals surface area contributed by atoms with Crippen molar-refractivity contribution in [1.82, 2.24) is 4.98 Å². The molecule has 2 heterocycles. The third-order valence-corrected chi connectivity index (χ3v) is 3.80. The maximum absolute atomic E-state index is 6.16. The third kappa shape index (κ3) is 2.78. The molecule has 1 atom stereocenters. The number of halogens is 2. The Bertz CT molecular complexity index is 409. The number of nitrogens with two attached hydrogens (primary N) is 1. The summed E-state index contributed by atoms with van der Waals surface area (Å²) in [5.41, 5.74) is 5.72. The summed E-state index contributed by atoms with van der Waals surface area (Å²) in [5.74, 6) is 1.87. The molecule has 0 aliphatic carbocycles. The highest BCUT2D eigenvalue weighted by Gasteiger charge is 2.24. The fourth-order valence-electron chi connectivity index (χ4n) is 2.36. The molecule has 1 aromatic heterocycles. The minimum Gasteiger partial charge on any atom is -0.382 e. The van der Waals surface area contributed by atoms with E-state index >= 15 is 0 Å². The Balaban J connectivity index is 2.16. The van der Waals surface area contributed by atoms with Gasteiger partial charge < -0.3 is 10.6 Å². The van der Waals surface area contributed by atoms with Crippen LogP contribution >= 0.6 is 23.2 Å². The van der Waals surface area contributed by atoms with E-state index in [9.17, 15) is 0 Å². The monoisotopic (exact) mass is 273 g/mol. The van der Waals surface area contributed by atoms with Crippen LogP contribution in [0.2, 0.25) is 10.0 Å². The number of nitrogen functional groups attached to an aromatic ring is 1. The average Bonchev–Trinajstić information content (AvgIpc) is 2.72. The van der Waals surface area contributed by atoms with Crippen LogP contribution in [0.3, 0.4) is 0 Å². The van der Waals surface area contributed by atoms with Gasteiger partial charge >= 0.3 is 0 Å². The molecule has 0 bridgehead atoms. The van der Waals surface area contributed by atoms with Crippen molar-refractivity contribution in [2.24, 2.45) is 5.92 Å². The minimum absolute atomic E-state index is 0.352. The molecule has 0 radical (unpaired) electrons. The van der Waals surface area contributed by atoms with Gasteiger partial charge in [-0.2, -0.15) is 0 Å². The molecule has 1 saturated heterocycles. The lowest BCUT2D eigenvalue weighted by molar-refractivity contribution is 0.529. The minimum atomic E-state index is 0.352. The molecule has 0 spiro atoms. The smallest absolute Gasteiger partial charge is 0.149 e. The van der Waals surface area contributed by atoms with Gasteiger partial charge in [0.25, 0.3) is 0 Å². The number of anilines is 2. The van der Waals surface area contributed by atoms with E-state index in [1.165, 1.54) is 19.3 Å². The molecule has 5 heteroatoms. The van der Waals surface area contributed by atoms with E-state index in [0.717, 1.165) is 24.8 Å². The maximum Gasteiger partial charge on any atom is 0.149 e. The van der Waals surface area contributed by atoms with Gasteiger partial charge in [0.1, 0.15) is 11.6 Å². The lowest BCUT2D eigenvalue weighted by atomic mass is 10.0. The molecule has 3 nitrogen and oxygen atoms in total. The summed E-state index contributed by atoms with van der Waals surface area (Å²) in [6.45, 7) is 4.23. The van der Waals surface area contributed by atoms with Crippen LogP contribution in [-0.2, 0) is 0 Å². The SMILES string of the molecule is CCCC1CCN(c2nc(N)c(Cl)cc2Cl)C1. The molecular weight excluding hydrogens is 257 g/mol. The van der Waals surface area contributed by atoms with Crippen LogP contribution in [0, 0.1) is 5.92 Å². The summed E-state index contributed by atoms with van der Waals surface area (Å²) in [4.78, 5) is 6.49. The second-order valence-electron chi connectivity index (χ2n) is 4.55. The van der Waals surface area contributed by atoms with Crippen molar-refractivity contribution in [1.29, 1.82) is 0 Å². The molecule has 0 aromatic carbocycles. The van der Waals surface area contributed by atoms with Crippen LogP contribution < -0.4 is 10.6 Å². The molecule has 0 saturated carbocycles. The molecule has 1 fully saturated rings. The van der Waals surface area contributed by atoms with E-state index < -0.39 is 0 Å². The Morgan fingerprint density at radius 3 is 2.94 bits per heavy atom. The molecule has 1 aliphatic rings. The summed E-state index contributed by atoms with van der Waals surface area (Å²) in [6.07, 6.45) is 3.69. The predicted molar refractivity (Wildman–Crippen MR) is 73.9 cm³/mol. The predicted octanol–water partition coefficient (Wildman–Crippen LogP) is 3.60. The van der Waals surface area contributed by atoms with Gasteiger partial charge in [0.2, 0.25) is 0 Å². The van der Waals surface area contributed by atoms with Gasteiger partial charge in [-0.1, -0.05) is 36.5 Å². The largest absolute Gasteiger partial charge is 0.382 e. The quantitative estimate of drug-likeness (QED) is 0.915. The van der Waals surface area contributed by atoms with Crippen LogP contribution in [-0.4, -0.2) is 18.1 Å². The Morgan fingerprint density at radius 2 is 2.24 bits per heavy atom. The lowest BCUT2D eigenvalue weighted by Gasteiger charge is -2.19. The molecule has 1 aromatic rings. The highest BCUT2D eigenvalue weighted by Crippen LogP contribution is 2.33. The van der Waals surface area contributed by atoms with Crippen molar-refractivity contribution >= 4 is 34.8 Å². The number of hydrogen-bond acceptors (Lipinski definition) is 3. The molecule has 1 aliphatic heterocycles. The van der Waals surface area contributed by atoms with Crippen LogP contribution in [0.25, 0.3) is 0 Å². The van der Waals surface area contributed by atoms with Gasteiger partial charge in [-0.25, -0.2) is 4.98 Å². The first-order valence-electron chi connectivity index (χ1n) is 5.98. The molecule has 0 amide bonds. The number of aromatic nitrogens is 1. The molecule has 1 unspecified atom stereocenters. The van der Waals surface area contributed by atoms with Gasteiger partial charge in [-0.15, -0.1) is 0 Å². The van der Waals surface area contributed by atoms with Gasteiger partial charge in [0.15, 0.2) is 0 Å². The molecule has 94 valence electrons. The average molecular weight is 274 g/mol. The van der Waals surface area contributed by atoms with E-state index in [-0.39, 0.29) is 0 Å². The highest BCUT2D eigenvalue weighted by atomic mass is 35.5. The summed E-state index contributed by atoms with van der Waals surface area (Å²) in [5, 5.41) is 1.00. The first-order chi connectivity index (χ1) is 8.11. The molecular formula is C12H17Cl2N3. The van der Waals surface area contributed by atoms with Crippen LogP contribution in [0.1, 0.15) is 26.2 Å². The Labute approximate surface area is 112 Å². The van der Waals surface area contributed by atoms with Gasteiger partial charge in [-0.3, -0.25) is 0 Å². The topological polar surface area (TPSA) is 42.2 Å². The Kier molecular flexibility index (Phi) is 4.00. The van der Waals surface area contributed by atoms with E-state index in [1.54, 1.807) is 6.07 Å². The second kappa shape index (κ2) is 5.32. The zero-order chi connectivity index (χ0) is 12.4. The van der Waals surface area contributed by atoms with Crippen LogP contribution in [0.4, 0.5) is 11.6 Å². The van der Waals surface area contributed by atoms with E-state index in [1.807, 2.05) is 0 Å². The van der Waals surface area contributed by atoms with Crippen molar-refractivity contribution in [2.45, 2.75) is 26.2 Å². The summed E-state index contributed by atoms with van der Waals surface area (Å²) < 4.78 is 0. The first kappa shape index (κ1) is 12.8. The lowest BCUT2D eigenvalue weighted by Crippen LogP contribution is -2.21. The third-order valence-electron chi connectivity index (χ3n) is 3.22. The summed E-state index contributed by atoms with van der Waals surface area (Å²) in [6, 6.07) is 1.67. The van der Waals surface area contributed by atoms with E-state index in [2.05, 4.69) is 16.8 Å². The summed E-state index contributed by atoms with van der Waals surface area (Å²) in [7, 11) is 0. The Morgan fingerprint density at radius 1 is 1.47 bits per heavy atom. The standard InChI is InChI=1S/C12H17Cl2N3/c1-2-3-8-4-5-17(7-8)12-10(14)6-9(13)11(15)16-12/h6,8H,2-5,7H2,1H3,(H2,15,16). The molecule has 17 heavy (non-hydrogen) atoms. The molecule has 2 rings (SSSR count). The fraction of sp³-hybridized carbons (Fsp3) is 0.583. The zero-order valence-electron chi connectivity index (χ0n) is 9.92. The number of rotatable bonds is 3. The normalized spacial score (nSPS) is 19.9. The van der Waals surface area contributed by atoms with Gasteiger partial charge in [0, 0.05) is 13.1 Å². The number of nitrogens with zero attached hydrogens (tertiary/aromatic N) is 2. The zero-order valence-corrected chi connectivity index (χ0v) is 11.4. The fourth-order valence-corrected chi connectivity index (χ4v) is 2.84. The van der Waals surface area contributed by atoms with Crippen molar-refractivity contribution in [3.63, 3.8) is 0 Å². The number of pyridine rings is 1. The number of hydrogen-bond donors (Lipinski definition) is 1. The van der Waals surface area contributed by atoms with Crippen molar-refractivity contribution < 1.29 is 0 Å². The Hall–Kier alpha value is -0.670. The second-order valence-corrected chi connectivity index (χ2v) is 5.36.